The van der Waals surface area contributed by atoms with Gasteiger partial charge >= 0.3 is 5.97 Å². The van der Waals surface area contributed by atoms with Gasteiger partial charge < -0.3 is 9.47 Å². The summed E-state index contributed by atoms with van der Waals surface area (Å²) >= 11 is 0. The second-order valence-electron chi connectivity index (χ2n) is 5.01. The monoisotopic (exact) mass is 296 g/mol. The lowest BCUT2D eigenvalue weighted by molar-refractivity contribution is -0.133. The van der Waals surface area contributed by atoms with Gasteiger partial charge in [-0.25, -0.2) is 4.79 Å². The highest BCUT2D eigenvalue weighted by Gasteiger charge is 2.18. The minimum atomic E-state index is -0.372. The zero-order valence-electron chi connectivity index (χ0n) is 13.3. The molecule has 0 N–H and O–H groups in total. The van der Waals surface area contributed by atoms with E-state index >= 15 is 0 Å². The lowest BCUT2D eigenvalue weighted by Crippen LogP contribution is -2.06. The van der Waals surface area contributed by atoms with E-state index in [1.54, 1.807) is 6.08 Å². The maximum atomic E-state index is 12.0. The van der Waals surface area contributed by atoms with Gasteiger partial charge in [0.15, 0.2) is 0 Å². The average Bonchev–Trinajstić information content (AvgIpc) is 2.52. The van der Waals surface area contributed by atoms with Crippen molar-refractivity contribution in [2.24, 2.45) is 0 Å². The lowest BCUT2D eigenvalue weighted by Gasteiger charge is -2.16. The SMILES string of the molecule is CC=C(C(=O)OC)c1cccc(C)c1Oc1ccccc1C. The van der Waals surface area contributed by atoms with Gasteiger partial charge in [0, 0.05) is 5.56 Å². The van der Waals surface area contributed by atoms with E-state index in [4.69, 9.17) is 9.47 Å². The van der Waals surface area contributed by atoms with Crippen molar-refractivity contribution < 1.29 is 14.3 Å². The number of ether oxygens (including phenoxy) is 2. The Balaban J connectivity index is 2.52. The van der Waals surface area contributed by atoms with Crippen LogP contribution in [0.2, 0.25) is 0 Å². The fourth-order valence-corrected chi connectivity index (χ4v) is 2.27. The lowest BCUT2D eigenvalue weighted by atomic mass is 10.0. The van der Waals surface area contributed by atoms with Gasteiger partial charge in [0.1, 0.15) is 11.5 Å². The van der Waals surface area contributed by atoms with Gasteiger partial charge in [-0.3, -0.25) is 0 Å². The first kappa shape index (κ1) is 15.8. The van der Waals surface area contributed by atoms with E-state index in [0.29, 0.717) is 11.3 Å². The van der Waals surface area contributed by atoms with Crippen LogP contribution in [0.15, 0.2) is 48.5 Å². The van der Waals surface area contributed by atoms with Crippen molar-refractivity contribution in [3.8, 4) is 11.5 Å². The van der Waals surface area contributed by atoms with Crippen molar-refractivity contribution in [1.29, 1.82) is 0 Å². The first-order valence-corrected chi connectivity index (χ1v) is 7.16. The first-order valence-electron chi connectivity index (χ1n) is 7.16. The van der Waals surface area contributed by atoms with E-state index in [1.807, 2.05) is 63.2 Å². The van der Waals surface area contributed by atoms with Gasteiger partial charge in [0.05, 0.1) is 12.7 Å². The number of rotatable bonds is 4. The van der Waals surface area contributed by atoms with Crippen molar-refractivity contribution in [2.45, 2.75) is 20.8 Å². The molecule has 0 heterocycles. The molecule has 0 fully saturated rings. The third-order valence-corrected chi connectivity index (χ3v) is 3.50. The van der Waals surface area contributed by atoms with Gasteiger partial charge in [-0.15, -0.1) is 0 Å². The smallest absolute Gasteiger partial charge is 0.338 e. The Kier molecular flexibility index (Phi) is 4.99. The molecule has 2 rings (SSSR count). The summed E-state index contributed by atoms with van der Waals surface area (Å²) < 4.78 is 11.0. The summed E-state index contributed by atoms with van der Waals surface area (Å²) in [5.41, 5.74) is 3.23. The third-order valence-electron chi connectivity index (χ3n) is 3.50. The highest BCUT2D eigenvalue weighted by molar-refractivity contribution is 6.17. The van der Waals surface area contributed by atoms with Crippen LogP contribution in [0.3, 0.4) is 0 Å². The molecule has 0 aliphatic carbocycles. The number of hydrogen-bond donors (Lipinski definition) is 0. The third kappa shape index (κ3) is 3.19. The van der Waals surface area contributed by atoms with Crippen LogP contribution in [0.1, 0.15) is 23.6 Å². The summed E-state index contributed by atoms with van der Waals surface area (Å²) in [5, 5.41) is 0. The fraction of sp³-hybridized carbons (Fsp3) is 0.211. The summed E-state index contributed by atoms with van der Waals surface area (Å²) in [5.74, 6) is 1.08. The highest BCUT2D eigenvalue weighted by atomic mass is 16.5. The van der Waals surface area contributed by atoms with Crippen LogP contribution in [-0.2, 0) is 9.53 Å². The number of carbonyl (C=O) groups excluding carboxylic acids is 1. The molecular weight excluding hydrogens is 276 g/mol. The molecule has 3 heteroatoms. The maximum absolute atomic E-state index is 12.0. The Bertz CT molecular complexity index is 714. The second-order valence-corrected chi connectivity index (χ2v) is 5.01. The van der Waals surface area contributed by atoms with Gasteiger partial charge in [0.2, 0.25) is 0 Å². The highest BCUT2D eigenvalue weighted by Crippen LogP contribution is 2.35. The number of para-hydroxylation sites is 2. The minimum Gasteiger partial charge on any atom is -0.465 e. The summed E-state index contributed by atoms with van der Waals surface area (Å²) in [4.78, 5) is 12.0. The van der Waals surface area contributed by atoms with Crippen molar-refractivity contribution >= 4 is 11.5 Å². The number of benzene rings is 2. The van der Waals surface area contributed by atoms with E-state index < -0.39 is 0 Å². The predicted octanol–water partition coefficient (Wildman–Crippen LogP) is 4.67. The van der Waals surface area contributed by atoms with E-state index in [2.05, 4.69) is 0 Å². The van der Waals surface area contributed by atoms with Crippen LogP contribution in [0, 0.1) is 13.8 Å². The number of hydrogen-bond acceptors (Lipinski definition) is 3. The van der Waals surface area contributed by atoms with E-state index in [1.165, 1.54) is 7.11 Å². The Hall–Kier alpha value is -2.55. The zero-order chi connectivity index (χ0) is 16.1. The standard InChI is InChI=1S/C19H20O3/c1-5-15(19(20)21-4)16-11-8-10-14(3)18(16)22-17-12-7-6-9-13(17)2/h5-12H,1-4H3. The molecule has 114 valence electrons. The molecule has 0 aromatic heterocycles. The van der Waals surface area contributed by atoms with Gasteiger partial charge in [-0.2, -0.15) is 0 Å². The Labute approximate surface area is 131 Å². The fourth-order valence-electron chi connectivity index (χ4n) is 2.27. The molecule has 0 radical (unpaired) electrons. The molecule has 0 spiro atoms. The minimum absolute atomic E-state index is 0.372. The van der Waals surface area contributed by atoms with Crippen LogP contribution in [0.4, 0.5) is 0 Å². The Morgan fingerprint density at radius 1 is 1.00 bits per heavy atom. The number of esters is 1. The molecular formula is C19H20O3. The summed E-state index contributed by atoms with van der Waals surface area (Å²) in [6, 6.07) is 13.5. The molecule has 2 aromatic carbocycles. The average molecular weight is 296 g/mol. The Morgan fingerprint density at radius 3 is 2.32 bits per heavy atom. The number of aryl methyl sites for hydroxylation is 2. The van der Waals surface area contributed by atoms with Gasteiger partial charge in [-0.05, 0) is 38.0 Å². The van der Waals surface area contributed by atoms with E-state index in [0.717, 1.165) is 22.4 Å². The molecule has 2 aromatic rings. The van der Waals surface area contributed by atoms with Crippen molar-refractivity contribution in [1.82, 2.24) is 0 Å². The van der Waals surface area contributed by atoms with Crippen LogP contribution < -0.4 is 4.74 Å². The number of carbonyl (C=O) groups is 1. The quantitative estimate of drug-likeness (QED) is 0.607. The van der Waals surface area contributed by atoms with Crippen LogP contribution >= 0.6 is 0 Å². The van der Waals surface area contributed by atoms with Crippen molar-refractivity contribution in [3.05, 3.63) is 65.2 Å². The molecule has 0 atom stereocenters. The molecule has 0 bridgehead atoms. The normalized spacial score (nSPS) is 11.2. The summed E-state index contributed by atoms with van der Waals surface area (Å²) in [6.07, 6.45) is 1.74. The Morgan fingerprint density at radius 2 is 1.68 bits per heavy atom. The summed E-state index contributed by atoms with van der Waals surface area (Å²) in [6.45, 7) is 5.76. The van der Waals surface area contributed by atoms with Crippen LogP contribution in [0.5, 0.6) is 11.5 Å². The van der Waals surface area contributed by atoms with Crippen LogP contribution in [-0.4, -0.2) is 13.1 Å². The number of methoxy groups -OCH3 is 1. The van der Waals surface area contributed by atoms with Crippen molar-refractivity contribution in [3.63, 3.8) is 0 Å². The zero-order valence-corrected chi connectivity index (χ0v) is 13.3. The van der Waals surface area contributed by atoms with Gasteiger partial charge in [-0.1, -0.05) is 42.5 Å². The van der Waals surface area contributed by atoms with Crippen LogP contribution in [0.25, 0.3) is 5.57 Å². The second kappa shape index (κ2) is 6.94. The molecule has 3 nitrogen and oxygen atoms in total. The summed E-state index contributed by atoms with van der Waals surface area (Å²) in [7, 11) is 1.38. The molecule has 0 unspecified atom stereocenters. The maximum Gasteiger partial charge on any atom is 0.338 e. The van der Waals surface area contributed by atoms with E-state index in [9.17, 15) is 4.79 Å². The molecule has 22 heavy (non-hydrogen) atoms. The number of allylic oxidation sites excluding steroid dienone is 1. The topological polar surface area (TPSA) is 35.5 Å². The molecule has 0 aliphatic rings. The van der Waals surface area contributed by atoms with E-state index in [-0.39, 0.29) is 5.97 Å². The first-order chi connectivity index (χ1) is 10.6. The van der Waals surface area contributed by atoms with Crippen molar-refractivity contribution in [2.75, 3.05) is 7.11 Å². The molecule has 0 saturated carbocycles. The predicted molar refractivity (Wildman–Crippen MR) is 88.1 cm³/mol. The molecule has 0 aliphatic heterocycles. The molecule has 0 saturated heterocycles. The largest absolute Gasteiger partial charge is 0.465 e. The molecule has 0 amide bonds. The van der Waals surface area contributed by atoms with Gasteiger partial charge in [0.25, 0.3) is 0 Å².